The van der Waals surface area contributed by atoms with Crippen LogP contribution in [0, 0.1) is 0 Å². The summed E-state index contributed by atoms with van der Waals surface area (Å²) in [6.45, 7) is 5.09. The lowest BCUT2D eigenvalue weighted by Gasteiger charge is -2.13. The lowest BCUT2D eigenvalue weighted by atomic mass is 10.1. The van der Waals surface area contributed by atoms with Crippen molar-refractivity contribution in [1.29, 1.82) is 0 Å². The van der Waals surface area contributed by atoms with Crippen LogP contribution < -0.4 is 9.47 Å². The summed E-state index contributed by atoms with van der Waals surface area (Å²) in [6.07, 6.45) is 1.70. The number of ether oxygens (including phenoxy) is 2. The molecule has 5 nitrogen and oxygen atoms in total. The van der Waals surface area contributed by atoms with E-state index in [9.17, 15) is 9.59 Å². The molecule has 1 fully saturated rings. The van der Waals surface area contributed by atoms with Crippen molar-refractivity contribution in [2.75, 3.05) is 13.2 Å². The van der Waals surface area contributed by atoms with Crippen LogP contribution in [0.4, 0.5) is 4.79 Å². The van der Waals surface area contributed by atoms with Crippen molar-refractivity contribution in [2.45, 2.75) is 20.4 Å². The summed E-state index contributed by atoms with van der Waals surface area (Å²) in [5.41, 5.74) is 1.62. The van der Waals surface area contributed by atoms with E-state index in [-0.39, 0.29) is 17.7 Å². The van der Waals surface area contributed by atoms with E-state index in [1.807, 2.05) is 50.2 Å². The Morgan fingerprint density at radius 2 is 1.86 bits per heavy atom. The van der Waals surface area contributed by atoms with Crippen molar-refractivity contribution in [3.8, 4) is 11.5 Å². The molecule has 0 unspecified atom stereocenters. The van der Waals surface area contributed by atoms with Crippen molar-refractivity contribution in [1.82, 2.24) is 4.90 Å². The Balaban J connectivity index is 1.85. The average molecular weight is 462 g/mol. The Hall–Kier alpha value is -2.25. The Bertz CT molecular complexity index is 928. The minimum Gasteiger partial charge on any atom is -0.494 e. The highest BCUT2D eigenvalue weighted by molar-refractivity contribution is 9.10. The van der Waals surface area contributed by atoms with Crippen molar-refractivity contribution >= 4 is 44.9 Å². The maximum atomic E-state index is 12.8. The fourth-order valence-electron chi connectivity index (χ4n) is 2.77. The van der Waals surface area contributed by atoms with Gasteiger partial charge < -0.3 is 9.47 Å². The van der Waals surface area contributed by atoms with E-state index >= 15 is 0 Å². The van der Waals surface area contributed by atoms with E-state index in [1.165, 1.54) is 4.90 Å². The maximum absolute atomic E-state index is 12.8. The normalized spacial score (nSPS) is 15.4. The summed E-state index contributed by atoms with van der Waals surface area (Å²) in [7, 11) is 0. The molecule has 2 aromatic rings. The predicted molar refractivity (Wildman–Crippen MR) is 114 cm³/mol. The van der Waals surface area contributed by atoms with Gasteiger partial charge in [0.15, 0.2) is 0 Å². The first-order valence-electron chi connectivity index (χ1n) is 8.91. The second-order valence-corrected chi connectivity index (χ2v) is 7.87. The van der Waals surface area contributed by atoms with Crippen LogP contribution in [0.1, 0.15) is 25.0 Å². The highest BCUT2D eigenvalue weighted by Gasteiger charge is 2.35. The zero-order chi connectivity index (χ0) is 20.1. The minimum absolute atomic E-state index is 0.239. The van der Waals surface area contributed by atoms with Gasteiger partial charge in [0, 0.05) is 16.1 Å². The maximum Gasteiger partial charge on any atom is 0.293 e. The molecule has 1 heterocycles. The summed E-state index contributed by atoms with van der Waals surface area (Å²) in [5.74, 6) is 1.02. The van der Waals surface area contributed by atoms with Gasteiger partial charge in [-0.05, 0) is 61.5 Å². The molecule has 1 aliphatic rings. The number of hydrogen-bond acceptors (Lipinski definition) is 5. The first kappa shape index (κ1) is 20.5. The number of nitrogens with zero attached hydrogens (tertiary/aromatic N) is 1. The highest BCUT2D eigenvalue weighted by Crippen LogP contribution is 2.36. The summed E-state index contributed by atoms with van der Waals surface area (Å²) in [6, 6.07) is 13.0. The van der Waals surface area contributed by atoms with Gasteiger partial charge in [0.2, 0.25) is 0 Å². The van der Waals surface area contributed by atoms with Crippen LogP contribution in [0.5, 0.6) is 11.5 Å². The number of halogens is 1. The van der Waals surface area contributed by atoms with Crippen LogP contribution in [0.15, 0.2) is 51.8 Å². The van der Waals surface area contributed by atoms with E-state index in [0.29, 0.717) is 29.6 Å². The lowest BCUT2D eigenvalue weighted by Crippen LogP contribution is -2.27. The van der Waals surface area contributed by atoms with E-state index in [1.54, 1.807) is 12.1 Å². The average Bonchev–Trinajstić information content (AvgIpc) is 2.92. The number of amides is 2. The fourth-order valence-corrected chi connectivity index (χ4v) is 4.04. The van der Waals surface area contributed by atoms with Gasteiger partial charge in [-0.25, -0.2) is 0 Å². The van der Waals surface area contributed by atoms with Gasteiger partial charge >= 0.3 is 0 Å². The van der Waals surface area contributed by atoms with Crippen molar-refractivity contribution in [3.63, 3.8) is 0 Å². The van der Waals surface area contributed by atoms with Gasteiger partial charge in [0.05, 0.1) is 24.7 Å². The second kappa shape index (κ2) is 9.30. The van der Waals surface area contributed by atoms with Gasteiger partial charge in [0.1, 0.15) is 11.5 Å². The zero-order valence-electron chi connectivity index (χ0n) is 15.6. The lowest BCUT2D eigenvalue weighted by molar-refractivity contribution is -0.123. The molecule has 0 atom stereocenters. The van der Waals surface area contributed by atoms with E-state index in [2.05, 4.69) is 15.9 Å². The van der Waals surface area contributed by atoms with Crippen molar-refractivity contribution in [2.24, 2.45) is 0 Å². The summed E-state index contributed by atoms with van der Waals surface area (Å²) in [5, 5.41) is -0.278. The Morgan fingerprint density at radius 3 is 2.57 bits per heavy atom. The largest absolute Gasteiger partial charge is 0.494 e. The molecule has 1 saturated heterocycles. The SMILES string of the molecule is CCOc1ccc(/C=C2/SC(=O)N(Cc3cccc(Br)c3)C2=O)c(OCC)c1. The number of benzene rings is 2. The van der Waals surface area contributed by atoms with Gasteiger partial charge in [-0.1, -0.05) is 28.1 Å². The second-order valence-electron chi connectivity index (χ2n) is 5.96. The number of carbonyl (C=O) groups excluding carboxylic acids is 2. The molecular weight excluding hydrogens is 442 g/mol. The summed E-state index contributed by atoms with van der Waals surface area (Å²) < 4.78 is 12.1. The van der Waals surface area contributed by atoms with Crippen LogP contribution in [0.25, 0.3) is 6.08 Å². The molecule has 0 aliphatic carbocycles. The molecule has 1 aliphatic heterocycles. The third-order valence-electron chi connectivity index (χ3n) is 3.99. The van der Waals surface area contributed by atoms with Crippen LogP contribution in [-0.4, -0.2) is 29.3 Å². The van der Waals surface area contributed by atoms with Gasteiger partial charge in [-0.15, -0.1) is 0 Å². The van der Waals surface area contributed by atoms with E-state index in [0.717, 1.165) is 27.4 Å². The molecule has 0 saturated carbocycles. The molecule has 7 heteroatoms. The third kappa shape index (κ3) is 4.77. The summed E-state index contributed by atoms with van der Waals surface area (Å²) in [4.78, 5) is 26.8. The number of thioether (sulfide) groups is 1. The Kier molecular flexibility index (Phi) is 6.80. The number of imide groups is 1. The Morgan fingerprint density at radius 1 is 1.07 bits per heavy atom. The minimum atomic E-state index is -0.300. The molecular formula is C21H20BrNO4S. The standard InChI is InChI=1S/C21H20BrNO4S/c1-3-26-17-9-8-15(18(12-17)27-4-2)11-19-20(24)23(21(25)28-19)13-14-6-5-7-16(22)10-14/h5-12H,3-4,13H2,1-2H3/b19-11+. The molecule has 2 amide bonds. The van der Waals surface area contributed by atoms with Gasteiger partial charge in [-0.3, -0.25) is 14.5 Å². The third-order valence-corrected chi connectivity index (χ3v) is 5.39. The topological polar surface area (TPSA) is 55.8 Å². The van der Waals surface area contributed by atoms with Gasteiger partial charge in [0.25, 0.3) is 11.1 Å². The quantitative estimate of drug-likeness (QED) is 0.510. The smallest absolute Gasteiger partial charge is 0.293 e. The molecule has 0 N–H and O–H groups in total. The van der Waals surface area contributed by atoms with Crippen molar-refractivity contribution in [3.05, 3.63) is 63.0 Å². The van der Waals surface area contributed by atoms with Crippen molar-refractivity contribution < 1.29 is 19.1 Å². The van der Waals surface area contributed by atoms with Crippen LogP contribution >= 0.6 is 27.7 Å². The molecule has 0 aromatic heterocycles. The zero-order valence-corrected chi connectivity index (χ0v) is 18.0. The Labute approximate surface area is 176 Å². The van der Waals surface area contributed by atoms with Crippen LogP contribution in [0.2, 0.25) is 0 Å². The number of hydrogen-bond donors (Lipinski definition) is 0. The van der Waals surface area contributed by atoms with E-state index in [4.69, 9.17) is 9.47 Å². The number of carbonyl (C=O) groups is 2. The molecule has 3 rings (SSSR count). The molecule has 146 valence electrons. The fraction of sp³-hybridized carbons (Fsp3) is 0.238. The first-order chi connectivity index (χ1) is 13.5. The monoisotopic (exact) mass is 461 g/mol. The van der Waals surface area contributed by atoms with Crippen LogP contribution in [0.3, 0.4) is 0 Å². The van der Waals surface area contributed by atoms with E-state index < -0.39 is 0 Å². The molecule has 0 spiro atoms. The molecule has 2 aromatic carbocycles. The molecule has 0 bridgehead atoms. The predicted octanol–water partition coefficient (Wildman–Crippen LogP) is 5.48. The molecule has 28 heavy (non-hydrogen) atoms. The van der Waals surface area contributed by atoms with Crippen LogP contribution in [-0.2, 0) is 11.3 Å². The van der Waals surface area contributed by atoms with Gasteiger partial charge in [-0.2, -0.15) is 0 Å². The first-order valence-corrected chi connectivity index (χ1v) is 10.5. The molecule has 0 radical (unpaired) electrons. The number of rotatable bonds is 7. The highest BCUT2D eigenvalue weighted by atomic mass is 79.9. The summed E-state index contributed by atoms with van der Waals surface area (Å²) >= 11 is 4.35.